The van der Waals surface area contributed by atoms with E-state index < -0.39 is 0 Å². The lowest BCUT2D eigenvalue weighted by Crippen LogP contribution is -2.39. The summed E-state index contributed by atoms with van der Waals surface area (Å²) in [5.74, 6) is 0.590. The normalized spacial score (nSPS) is 15.3. The second-order valence-corrected chi connectivity index (χ2v) is 5.24. The van der Waals surface area contributed by atoms with Crippen LogP contribution in [0.2, 0.25) is 0 Å². The van der Waals surface area contributed by atoms with Crippen molar-refractivity contribution >= 4 is 11.3 Å². The van der Waals surface area contributed by atoms with Crippen molar-refractivity contribution in [3.63, 3.8) is 0 Å². The van der Waals surface area contributed by atoms with E-state index in [0.717, 1.165) is 13.2 Å². The molecule has 16 heavy (non-hydrogen) atoms. The zero-order valence-electron chi connectivity index (χ0n) is 10.7. The van der Waals surface area contributed by atoms with Crippen LogP contribution in [0, 0.1) is 5.92 Å². The maximum Gasteiger partial charge on any atom is 0.0622 e. The van der Waals surface area contributed by atoms with Crippen molar-refractivity contribution in [3.8, 4) is 0 Å². The van der Waals surface area contributed by atoms with E-state index in [-0.39, 0.29) is 0 Å². The topological polar surface area (TPSA) is 21.3 Å². The highest BCUT2D eigenvalue weighted by Gasteiger charge is 2.16. The van der Waals surface area contributed by atoms with Crippen LogP contribution >= 0.6 is 11.3 Å². The van der Waals surface area contributed by atoms with Crippen LogP contribution < -0.4 is 5.32 Å². The quantitative estimate of drug-likeness (QED) is 0.789. The number of hydrogen-bond acceptors (Lipinski definition) is 3. The Morgan fingerprint density at radius 2 is 2.12 bits per heavy atom. The Morgan fingerprint density at radius 1 is 1.38 bits per heavy atom. The largest absolute Gasteiger partial charge is 0.380 e. The Labute approximate surface area is 103 Å². The minimum Gasteiger partial charge on any atom is -0.380 e. The number of ether oxygens (including phenoxy) is 1. The average molecular weight is 241 g/mol. The van der Waals surface area contributed by atoms with Crippen molar-refractivity contribution in [1.82, 2.24) is 5.32 Å². The summed E-state index contributed by atoms with van der Waals surface area (Å²) in [5.41, 5.74) is 1.37. The van der Waals surface area contributed by atoms with E-state index in [4.69, 9.17) is 4.74 Å². The molecule has 0 spiro atoms. The molecule has 0 aliphatic rings. The molecule has 2 nitrogen and oxygen atoms in total. The fraction of sp³-hybridized carbons (Fsp3) is 0.692. The summed E-state index contributed by atoms with van der Waals surface area (Å²) in [6.07, 6.45) is 0. The number of hydrogen-bond donors (Lipinski definition) is 1. The molecule has 92 valence electrons. The third-order valence-corrected chi connectivity index (χ3v) is 3.51. The van der Waals surface area contributed by atoms with Crippen LogP contribution in [-0.4, -0.2) is 19.3 Å². The summed E-state index contributed by atoms with van der Waals surface area (Å²) in [6.45, 7) is 10.3. The summed E-state index contributed by atoms with van der Waals surface area (Å²) in [7, 11) is 0. The van der Waals surface area contributed by atoms with Crippen LogP contribution in [0.25, 0.3) is 0 Å². The Balaban J connectivity index is 2.47. The maximum absolute atomic E-state index is 5.52. The third kappa shape index (κ3) is 4.24. The molecule has 0 radical (unpaired) electrons. The zero-order chi connectivity index (χ0) is 12.0. The summed E-state index contributed by atoms with van der Waals surface area (Å²) in [6, 6.07) is 3.01. The van der Waals surface area contributed by atoms with Crippen molar-refractivity contribution in [3.05, 3.63) is 22.4 Å². The standard InChI is InChI=1S/C13H23NOS/c1-5-15-8-13(10(2)3)14-11(4)12-6-7-16-9-12/h6-7,9-11,13-14H,5,8H2,1-4H3. The van der Waals surface area contributed by atoms with Gasteiger partial charge in [0, 0.05) is 18.7 Å². The molecular weight excluding hydrogens is 218 g/mol. The predicted octanol–water partition coefficient (Wildman–Crippen LogP) is 3.46. The Kier molecular flexibility index (Phi) is 6.03. The molecule has 0 saturated heterocycles. The van der Waals surface area contributed by atoms with Gasteiger partial charge >= 0.3 is 0 Å². The van der Waals surface area contributed by atoms with E-state index in [0.29, 0.717) is 18.0 Å². The maximum atomic E-state index is 5.52. The molecule has 2 unspecified atom stereocenters. The molecule has 1 heterocycles. The first-order chi connectivity index (χ1) is 7.65. The van der Waals surface area contributed by atoms with Crippen LogP contribution in [0.1, 0.15) is 39.3 Å². The first kappa shape index (κ1) is 13.7. The van der Waals surface area contributed by atoms with Crippen LogP contribution in [-0.2, 0) is 4.74 Å². The second kappa shape index (κ2) is 7.05. The van der Waals surface area contributed by atoms with Crippen molar-refractivity contribution in [2.75, 3.05) is 13.2 Å². The highest BCUT2D eigenvalue weighted by molar-refractivity contribution is 7.07. The molecule has 3 heteroatoms. The van der Waals surface area contributed by atoms with E-state index in [1.54, 1.807) is 11.3 Å². The minimum atomic E-state index is 0.402. The Hall–Kier alpha value is -0.380. The van der Waals surface area contributed by atoms with Crippen molar-refractivity contribution in [1.29, 1.82) is 0 Å². The van der Waals surface area contributed by atoms with Gasteiger partial charge in [-0.05, 0) is 42.2 Å². The molecule has 0 bridgehead atoms. The van der Waals surface area contributed by atoms with Gasteiger partial charge in [0.1, 0.15) is 0 Å². The second-order valence-electron chi connectivity index (χ2n) is 4.46. The summed E-state index contributed by atoms with van der Waals surface area (Å²) in [5, 5.41) is 7.96. The van der Waals surface area contributed by atoms with Gasteiger partial charge in [-0.15, -0.1) is 0 Å². The fourth-order valence-electron chi connectivity index (χ4n) is 1.62. The Bertz CT molecular complexity index is 271. The number of thiophene rings is 1. The summed E-state index contributed by atoms with van der Waals surface area (Å²) >= 11 is 1.75. The third-order valence-electron chi connectivity index (χ3n) is 2.81. The van der Waals surface area contributed by atoms with Crippen LogP contribution in [0.4, 0.5) is 0 Å². The lowest BCUT2D eigenvalue weighted by atomic mass is 10.0. The van der Waals surface area contributed by atoms with Crippen LogP contribution in [0.3, 0.4) is 0 Å². The van der Waals surface area contributed by atoms with Gasteiger partial charge in [-0.1, -0.05) is 13.8 Å². The Morgan fingerprint density at radius 3 is 2.62 bits per heavy atom. The highest BCUT2D eigenvalue weighted by atomic mass is 32.1. The summed E-state index contributed by atoms with van der Waals surface area (Å²) < 4.78 is 5.52. The zero-order valence-corrected chi connectivity index (χ0v) is 11.5. The first-order valence-electron chi connectivity index (χ1n) is 6.01. The lowest BCUT2D eigenvalue weighted by Gasteiger charge is -2.26. The highest BCUT2D eigenvalue weighted by Crippen LogP contribution is 2.17. The minimum absolute atomic E-state index is 0.402. The molecule has 0 aromatic carbocycles. The molecule has 1 aromatic rings. The van der Waals surface area contributed by atoms with Gasteiger partial charge in [-0.3, -0.25) is 0 Å². The van der Waals surface area contributed by atoms with Gasteiger partial charge in [-0.2, -0.15) is 11.3 Å². The molecule has 0 aliphatic heterocycles. The molecule has 0 amide bonds. The molecular formula is C13H23NOS. The monoisotopic (exact) mass is 241 g/mol. The van der Waals surface area contributed by atoms with Crippen molar-refractivity contribution < 1.29 is 4.74 Å². The first-order valence-corrected chi connectivity index (χ1v) is 6.95. The van der Waals surface area contributed by atoms with Gasteiger partial charge < -0.3 is 10.1 Å². The summed E-state index contributed by atoms with van der Waals surface area (Å²) in [4.78, 5) is 0. The van der Waals surface area contributed by atoms with Crippen LogP contribution in [0.15, 0.2) is 16.8 Å². The number of nitrogens with one attached hydrogen (secondary N) is 1. The van der Waals surface area contributed by atoms with E-state index >= 15 is 0 Å². The van der Waals surface area contributed by atoms with Gasteiger partial charge in [0.15, 0.2) is 0 Å². The van der Waals surface area contributed by atoms with Gasteiger partial charge in [0.05, 0.1) is 6.61 Å². The number of rotatable bonds is 7. The average Bonchev–Trinajstić information content (AvgIpc) is 2.76. The smallest absolute Gasteiger partial charge is 0.0622 e. The van der Waals surface area contributed by atoms with Crippen molar-refractivity contribution in [2.45, 2.75) is 39.8 Å². The molecule has 1 N–H and O–H groups in total. The van der Waals surface area contributed by atoms with Gasteiger partial charge in [0.2, 0.25) is 0 Å². The van der Waals surface area contributed by atoms with Gasteiger partial charge in [0.25, 0.3) is 0 Å². The molecule has 0 aliphatic carbocycles. The van der Waals surface area contributed by atoms with Gasteiger partial charge in [-0.25, -0.2) is 0 Å². The molecule has 2 atom stereocenters. The van der Waals surface area contributed by atoms with Crippen LogP contribution in [0.5, 0.6) is 0 Å². The predicted molar refractivity (Wildman–Crippen MR) is 71.0 cm³/mol. The van der Waals surface area contributed by atoms with E-state index in [1.807, 2.05) is 6.92 Å². The van der Waals surface area contributed by atoms with E-state index in [2.05, 4.69) is 42.9 Å². The molecule has 0 fully saturated rings. The van der Waals surface area contributed by atoms with E-state index in [9.17, 15) is 0 Å². The van der Waals surface area contributed by atoms with E-state index in [1.165, 1.54) is 5.56 Å². The lowest BCUT2D eigenvalue weighted by molar-refractivity contribution is 0.104. The fourth-order valence-corrected chi connectivity index (χ4v) is 2.37. The molecule has 0 saturated carbocycles. The SMILES string of the molecule is CCOCC(NC(C)c1ccsc1)C(C)C. The molecule has 1 rings (SSSR count). The van der Waals surface area contributed by atoms with Crippen molar-refractivity contribution in [2.24, 2.45) is 5.92 Å². The molecule has 1 aromatic heterocycles.